The van der Waals surface area contributed by atoms with Crippen LogP contribution in [0.1, 0.15) is 81.5 Å². The first kappa shape index (κ1) is 67.1. The van der Waals surface area contributed by atoms with E-state index in [2.05, 4.69) is 42.5 Å². The number of nitrogens with zero attached hydrogens (tertiary/aromatic N) is 2. The van der Waals surface area contributed by atoms with Crippen LogP contribution in [0, 0.1) is 11.6 Å². The lowest BCUT2D eigenvalue weighted by atomic mass is 10.1. The lowest BCUT2D eigenvalue weighted by Crippen LogP contribution is -2.47. The van der Waals surface area contributed by atoms with E-state index in [0.29, 0.717) is 38.5 Å². The number of urea groups is 2. The third kappa shape index (κ3) is 25.0. The second-order valence-corrected chi connectivity index (χ2v) is 19.8. The molecule has 0 heterocycles. The predicted octanol–water partition coefficient (Wildman–Crippen LogP) is 4.22. The molecule has 0 aliphatic rings. The fourth-order valence-electron chi connectivity index (χ4n) is 8.62. The normalized spacial score (nSPS) is 11.3. The number of hydrogen-bond acceptors (Lipinski definition) is 12. The number of methoxy groups -OCH3 is 2. The Balaban J connectivity index is 1.23. The molecule has 10 amide bonds. The van der Waals surface area contributed by atoms with Crippen LogP contribution in [-0.4, -0.2) is 148 Å². The van der Waals surface area contributed by atoms with Crippen LogP contribution in [0.15, 0.2) is 133 Å². The summed E-state index contributed by atoms with van der Waals surface area (Å²) in [4.78, 5) is 135. The first-order valence-corrected chi connectivity index (χ1v) is 28.1. The maximum Gasteiger partial charge on any atom is 0.328 e. The Morgan fingerprint density at radius 3 is 1.10 bits per heavy atom. The molecule has 0 spiro atoms. The molecule has 5 rings (SSSR count). The largest absolute Gasteiger partial charge is 0.467 e. The molecule has 0 saturated heterocycles. The molecule has 0 bridgehead atoms. The molecule has 0 radical (unpaired) electrons. The number of ether oxygens (including phenoxy) is 2. The van der Waals surface area contributed by atoms with Crippen molar-refractivity contribution in [3.8, 4) is 0 Å². The van der Waals surface area contributed by atoms with Crippen LogP contribution in [0.5, 0.6) is 0 Å². The molecule has 0 aliphatic heterocycles. The summed E-state index contributed by atoms with van der Waals surface area (Å²) in [5, 5.41) is 21.5. The Hall–Kier alpha value is -9.74. The number of carbonyl (C=O) groups excluding carboxylic acids is 10. The maximum atomic E-state index is 14.4. The van der Waals surface area contributed by atoms with E-state index in [9.17, 15) is 56.7 Å². The van der Waals surface area contributed by atoms with Crippen LogP contribution in [0.4, 0.5) is 18.4 Å². The molecule has 8 N–H and O–H groups in total. The minimum Gasteiger partial charge on any atom is -0.467 e. The van der Waals surface area contributed by atoms with E-state index in [4.69, 9.17) is 9.47 Å². The van der Waals surface area contributed by atoms with Crippen molar-refractivity contribution in [1.82, 2.24) is 52.3 Å². The van der Waals surface area contributed by atoms with E-state index >= 15 is 0 Å². The van der Waals surface area contributed by atoms with Gasteiger partial charge in [-0.3, -0.25) is 28.8 Å². The molecule has 0 saturated carbocycles. The lowest BCUT2D eigenvalue weighted by molar-refractivity contribution is -0.143. The van der Waals surface area contributed by atoms with Gasteiger partial charge in [0.2, 0.25) is 23.6 Å². The zero-order valence-corrected chi connectivity index (χ0v) is 48.1. The van der Waals surface area contributed by atoms with E-state index in [1.54, 1.807) is 24.3 Å². The number of amides is 10. The molecule has 0 unspecified atom stereocenters. The molecular weight excluding hydrogens is 1110 g/mol. The molecular formula is C62H74F2N10O12. The van der Waals surface area contributed by atoms with Gasteiger partial charge in [0, 0.05) is 50.4 Å². The Morgan fingerprint density at radius 1 is 0.407 bits per heavy atom. The van der Waals surface area contributed by atoms with Crippen LogP contribution in [0.3, 0.4) is 0 Å². The third-order valence-electron chi connectivity index (χ3n) is 13.2. The van der Waals surface area contributed by atoms with Gasteiger partial charge in [0.05, 0.1) is 14.2 Å². The summed E-state index contributed by atoms with van der Waals surface area (Å²) in [5.41, 5.74) is 2.91. The van der Waals surface area contributed by atoms with Crippen molar-refractivity contribution in [2.75, 3.05) is 66.6 Å². The summed E-state index contributed by atoms with van der Waals surface area (Å²) in [5.74, 6) is -6.44. The Morgan fingerprint density at radius 2 is 0.756 bits per heavy atom. The number of carbonyl (C=O) groups is 10. The number of nitrogens with one attached hydrogen (secondary N) is 8. The van der Waals surface area contributed by atoms with Crippen LogP contribution < -0.4 is 42.5 Å². The van der Waals surface area contributed by atoms with Crippen molar-refractivity contribution >= 4 is 59.4 Å². The van der Waals surface area contributed by atoms with E-state index in [1.165, 1.54) is 62.8 Å². The van der Waals surface area contributed by atoms with Gasteiger partial charge in [-0.2, -0.15) is 0 Å². The lowest BCUT2D eigenvalue weighted by Gasteiger charge is -2.24. The van der Waals surface area contributed by atoms with Gasteiger partial charge in [-0.1, -0.05) is 91.0 Å². The van der Waals surface area contributed by atoms with Gasteiger partial charge in [0.1, 0.15) is 49.9 Å². The van der Waals surface area contributed by atoms with Crippen LogP contribution in [0.2, 0.25) is 0 Å². The van der Waals surface area contributed by atoms with E-state index in [1.807, 2.05) is 60.7 Å². The van der Waals surface area contributed by atoms with Crippen molar-refractivity contribution in [2.45, 2.75) is 76.5 Å². The van der Waals surface area contributed by atoms with Gasteiger partial charge < -0.3 is 61.8 Å². The minimum absolute atomic E-state index is 0.0787. The molecule has 24 heteroatoms. The molecule has 458 valence electrons. The van der Waals surface area contributed by atoms with Gasteiger partial charge >= 0.3 is 24.0 Å². The average molecular weight is 1190 g/mol. The zero-order valence-electron chi connectivity index (χ0n) is 48.1. The van der Waals surface area contributed by atoms with Gasteiger partial charge in [0.25, 0.3) is 11.8 Å². The Kier molecular flexibility index (Phi) is 28.7. The van der Waals surface area contributed by atoms with Gasteiger partial charge in [-0.15, -0.1) is 0 Å². The number of halogens is 2. The zero-order chi connectivity index (χ0) is 62.1. The van der Waals surface area contributed by atoms with Crippen LogP contribution in [0.25, 0.3) is 0 Å². The molecule has 5 aromatic carbocycles. The highest BCUT2D eigenvalue weighted by Crippen LogP contribution is 2.14. The highest BCUT2D eigenvalue weighted by molar-refractivity contribution is 6.03. The number of hydrogen-bond donors (Lipinski definition) is 8. The van der Waals surface area contributed by atoms with Crippen molar-refractivity contribution in [3.63, 3.8) is 0 Å². The quantitative estimate of drug-likeness (QED) is 0.0212. The average Bonchev–Trinajstić information content (AvgIpc) is 2.78. The molecule has 22 nitrogen and oxygen atoms in total. The number of esters is 2. The fourth-order valence-corrected chi connectivity index (χ4v) is 8.62. The fraction of sp³-hybridized carbons (Fsp3) is 0.355. The number of unbranched alkanes of at least 4 members (excludes halogenated alkanes) is 2. The van der Waals surface area contributed by atoms with Crippen molar-refractivity contribution in [2.24, 2.45) is 0 Å². The summed E-state index contributed by atoms with van der Waals surface area (Å²) in [7, 11) is 2.39. The van der Waals surface area contributed by atoms with E-state index in [-0.39, 0.29) is 63.2 Å². The first-order valence-electron chi connectivity index (χ1n) is 28.1. The molecule has 2 atom stereocenters. The monoisotopic (exact) mass is 1190 g/mol. The van der Waals surface area contributed by atoms with Gasteiger partial charge in [-0.25, -0.2) is 28.0 Å². The summed E-state index contributed by atoms with van der Waals surface area (Å²) in [6.07, 6.45) is 2.36. The summed E-state index contributed by atoms with van der Waals surface area (Å²) >= 11 is 0. The SMILES string of the molecule is COC(=O)[C@H](CCCCNC(=O)CN(CC(=O)NCCc1ccc(F)cc1)C(=O)c1cccc(C(=O)N(CC(=O)NCCCC[C@H](NC(=O)NCc2ccccc2)C(=O)OC)CC(=O)NCCc2ccc(F)cc2)c1)NC(=O)NCc1ccccc1. The smallest absolute Gasteiger partial charge is 0.328 e. The molecule has 5 aromatic rings. The predicted molar refractivity (Wildman–Crippen MR) is 313 cm³/mol. The Bertz CT molecular complexity index is 2830. The Labute approximate surface area is 497 Å². The highest BCUT2D eigenvalue weighted by atomic mass is 19.1. The van der Waals surface area contributed by atoms with Crippen molar-refractivity contribution in [1.29, 1.82) is 0 Å². The summed E-state index contributed by atoms with van der Waals surface area (Å²) < 4.78 is 36.8. The number of benzene rings is 5. The van der Waals surface area contributed by atoms with Crippen molar-refractivity contribution < 1.29 is 66.2 Å². The van der Waals surface area contributed by atoms with Crippen LogP contribution in [-0.2, 0) is 64.2 Å². The minimum atomic E-state index is -0.988. The number of rotatable bonds is 34. The summed E-state index contributed by atoms with van der Waals surface area (Å²) in [6, 6.07) is 31.9. The molecule has 0 aromatic heterocycles. The molecule has 0 aliphatic carbocycles. The first-order chi connectivity index (χ1) is 41.5. The highest BCUT2D eigenvalue weighted by Gasteiger charge is 2.27. The van der Waals surface area contributed by atoms with E-state index < -0.39 is 109 Å². The van der Waals surface area contributed by atoms with E-state index in [0.717, 1.165) is 32.1 Å². The maximum absolute atomic E-state index is 14.4. The second-order valence-electron chi connectivity index (χ2n) is 19.8. The topological polar surface area (TPSA) is 292 Å². The standard InChI is InChI=1S/C62H74F2N10O12/c1-85-59(81)51(71-61(83)69-37-45-14-5-3-6-15-45)20-9-11-32-65-53(75)39-73(41-55(77)67-34-30-43-22-26-49(63)27-23-43)57(79)47-18-13-19-48(36-47)58(80)74(42-56(78)68-35-31-44-24-28-50(64)29-25-44)40-54(76)66-33-12-10-21-52(60(82)86-2)72-62(84)70-38-46-16-7-4-8-17-46/h3-8,13-19,22-29,36,51-52H,9-12,20-21,30-35,37-42H2,1-2H3,(H,65,75)(H,66,76)(H,67,77)(H,68,78)(H2,69,71,83)(H2,70,72,84)/t51-,52-/m0/s1. The van der Waals surface area contributed by atoms with Crippen molar-refractivity contribution in [3.05, 3.63) is 178 Å². The molecule has 86 heavy (non-hydrogen) atoms. The summed E-state index contributed by atoms with van der Waals surface area (Å²) in [6.45, 7) is -1.65. The van der Waals surface area contributed by atoms with Gasteiger partial charge in [0.15, 0.2) is 0 Å². The third-order valence-corrected chi connectivity index (χ3v) is 13.2. The second kappa shape index (κ2) is 36.8. The van der Waals surface area contributed by atoms with Gasteiger partial charge in [-0.05, 0) is 116 Å². The molecule has 0 fully saturated rings. The van der Waals surface area contributed by atoms with Crippen LogP contribution >= 0.6 is 0 Å².